The summed E-state index contributed by atoms with van der Waals surface area (Å²) in [5.41, 5.74) is 1.45. The summed E-state index contributed by atoms with van der Waals surface area (Å²) in [5.74, 6) is -0.154. The van der Waals surface area contributed by atoms with E-state index in [0.29, 0.717) is 24.9 Å². The molecule has 20 heavy (non-hydrogen) atoms. The SMILES string of the molecule is N#Cc1ccc(C=CC(=O)NC2CCC(=O)NC2)cc1. The monoisotopic (exact) mass is 269 g/mol. The molecule has 1 atom stereocenters. The smallest absolute Gasteiger partial charge is 0.244 e. The van der Waals surface area contributed by atoms with Crippen LogP contribution in [0.1, 0.15) is 24.0 Å². The van der Waals surface area contributed by atoms with Crippen LogP contribution in [0.3, 0.4) is 0 Å². The summed E-state index contributed by atoms with van der Waals surface area (Å²) in [7, 11) is 0. The van der Waals surface area contributed by atoms with Gasteiger partial charge in [-0.15, -0.1) is 0 Å². The number of piperidine rings is 1. The highest BCUT2D eigenvalue weighted by molar-refractivity contribution is 5.92. The van der Waals surface area contributed by atoms with Crippen molar-refractivity contribution in [2.75, 3.05) is 6.54 Å². The van der Waals surface area contributed by atoms with Crippen LogP contribution in [0.15, 0.2) is 30.3 Å². The largest absolute Gasteiger partial charge is 0.354 e. The first-order valence-electron chi connectivity index (χ1n) is 6.43. The van der Waals surface area contributed by atoms with E-state index in [4.69, 9.17) is 5.26 Å². The Morgan fingerprint density at radius 2 is 2.15 bits per heavy atom. The molecule has 2 rings (SSSR count). The molecule has 1 fully saturated rings. The Balaban J connectivity index is 1.85. The lowest BCUT2D eigenvalue weighted by Gasteiger charge is -2.22. The molecule has 2 N–H and O–H groups in total. The Kier molecular flexibility index (Phi) is 4.51. The molecule has 1 saturated heterocycles. The van der Waals surface area contributed by atoms with E-state index in [1.165, 1.54) is 6.08 Å². The van der Waals surface area contributed by atoms with Crippen LogP contribution in [-0.4, -0.2) is 24.4 Å². The molecule has 2 amide bonds. The molecule has 1 aliphatic heterocycles. The standard InChI is InChI=1S/C15H15N3O2/c16-9-12-3-1-11(2-4-12)5-7-15(20)18-13-6-8-14(19)17-10-13/h1-5,7,13H,6,8,10H2,(H,17,19)(H,18,20). The van der Waals surface area contributed by atoms with Gasteiger partial charge in [-0.25, -0.2) is 0 Å². The Bertz CT molecular complexity index is 560. The second kappa shape index (κ2) is 6.53. The van der Waals surface area contributed by atoms with E-state index in [0.717, 1.165) is 5.56 Å². The molecule has 1 unspecified atom stereocenters. The van der Waals surface area contributed by atoms with Gasteiger partial charge in [0.05, 0.1) is 11.6 Å². The number of rotatable bonds is 3. The van der Waals surface area contributed by atoms with Gasteiger partial charge in [-0.1, -0.05) is 12.1 Å². The van der Waals surface area contributed by atoms with Gasteiger partial charge in [-0.3, -0.25) is 9.59 Å². The van der Waals surface area contributed by atoms with Crippen molar-refractivity contribution < 1.29 is 9.59 Å². The molecule has 102 valence electrons. The molecule has 0 saturated carbocycles. The van der Waals surface area contributed by atoms with E-state index >= 15 is 0 Å². The Labute approximate surface area is 117 Å². The fourth-order valence-corrected chi connectivity index (χ4v) is 1.95. The molecule has 1 aliphatic rings. The lowest BCUT2D eigenvalue weighted by Crippen LogP contribution is -2.47. The van der Waals surface area contributed by atoms with Crippen molar-refractivity contribution in [3.63, 3.8) is 0 Å². The fourth-order valence-electron chi connectivity index (χ4n) is 1.95. The maximum absolute atomic E-state index is 11.7. The second-order valence-electron chi connectivity index (χ2n) is 4.62. The van der Waals surface area contributed by atoms with Crippen LogP contribution in [-0.2, 0) is 9.59 Å². The maximum atomic E-state index is 11.7. The molecular weight excluding hydrogens is 254 g/mol. The summed E-state index contributed by atoms with van der Waals surface area (Å²) in [6, 6.07) is 9.00. The number of benzene rings is 1. The van der Waals surface area contributed by atoms with Crippen LogP contribution in [0, 0.1) is 11.3 Å². The minimum Gasteiger partial charge on any atom is -0.354 e. The normalized spacial score (nSPS) is 18.4. The van der Waals surface area contributed by atoms with E-state index in [-0.39, 0.29) is 17.9 Å². The minimum atomic E-state index is -0.185. The molecule has 1 aromatic carbocycles. The molecule has 0 spiro atoms. The van der Waals surface area contributed by atoms with Gasteiger partial charge in [0.1, 0.15) is 0 Å². The summed E-state index contributed by atoms with van der Waals surface area (Å²) >= 11 is 0. The van der Waals surface area contributed by atoms with Gasteiger partial charge in [0.15, 0.2) is 0 Å². The molecule has 5 heteroatoms. The van der Waals surface area contributed by atoms with Gasteiger partial charge in [0.2, 0.25) is 11.8 Å². The highest BCUT2D eigenvalue weighted by Gasteiger charge is 2.18. The summed E-state index contributed by atoms with van der Waals surface area (Å²) in [6.07, 6.45) is 4.27. The Morgan fingerprint density at radius 1 is 1.40 bits per heavy atom. The molecule has 0 aliphatic carbocycles. The second-order valence-corrected chi connectivity index (χ2v) is 4.62. The first-order valence-corrected chi connectivity index (χ1v) is 6.43. The van der Waals surface area contributed by atoms with Crippen LogP contribution in [0.2, 0.25) is 0 Å². The average molecular weight is 269 g/mol. The summed E-state index contributed by atoms with van der Waals surface area (Å²) in [6.45, 7) is 0.481. The third-order valence-electron chi connectivity index (χ3n) is 3.08. The van der Waals surface area contributed by atoms with E-state index in [2.05, 4.69) is 10.6 Å². The topological polar surface area (TPSA) is 82.0 Å². The predicted octanol–water partition coefficient (Wildman–Crippen LogP) is 0.966. The van der Waals surface area contributed by atoms with Gasteiger partial charge >= 0.3 is 0 Å². The van der Waals surface area contributed by atoms with E-state index < -0.39 is 0 Å². The van der Waals surface area contributed by atoms with Gasteiger partial charge in [-0.2, -0.15) is 5.26 Å². The summed E-state index contributed by atoms with van der Waals surface area (Å²) < 4.78 is 0. The number of nitrogens with one attached hydrogen (secondary N) is 2. The van der Waals surface area contributed by atoms with Crippen LogP contribution in [0.5, 0.6) is 0 Å². The van der Waals surface area contributed by atoms with Crippen molar-refractivity contribution >= 4 is 17.9 Å². The minimum absolute atomic E-state index is 0.00850. The van der Waals surface area contributed by atoms with Crippen molar-refractivity contribution in [1.82, 2.24) is 10.6 Å². The van der Waals surface area contributed by atoms with E-state index in [1.807, 2.05) is 6.07 Å². The highest BCUT2D eigenvalue weighted by Crippen LogP contribution is 2.06. The number of nitriles is 1. The molecule has 1 heterocycles. The summed E-state index contributed by atoms with van der Waals surface area (Å²) in [4.78, 5) is 22.7. The maximum Gasteiger partial charge on any atom is 0.244 e. The average Bonchev–Trinajstić information content (AvgIpc) is 2.48. The zero-order chi connectivity index (χ0) is 14.4. The van der Waals surface area contributed by atoms with Crippen LogP contribution in [0.4, 0.5) is 0 Å². The van der Waals surface area contributed by atoms with Crippen molar-refractivity contribution in [3.05, 3.63) is 41.5 Å². The fraction of sp³-hybridized carbons (Fsp3) is 0.267. The first kappa shape index (κ1) is 13.8. The molecule has 5 nitrogen and oxygen atoms in total. The Hall–Kier alpha value is -2.61. The number of nitrogens with zero attached hydrogens (tertiary/aromatic N) is 1. The van der Waals surface area contributed by atoms with Gasteiger partial charge in [0, 0.05) is 25.1 Å². The lowest BCUT2D eigenvalue weighted by molar-refractivity contribution is -0.124. The van der Waals surface area contributed by atoms with Crippen molar-refractivity contribution in [2.45, 2.75) is 18.9 Å². The molecular formula is C15H15N3O2. The number of hydrogen-bond acceptors (Lipinski definition) is 3. The van der Waals surface area contributed by atoms with Crippen LogP contribution in [0.25, 0.3) is 6.08 Å². The van der Waals surface area contributed by atoms with Gasteiger partial charge < -0.3 is 10.6 Å². The molecule has 1 aromatic rings. The third-order valence-corrected chi connectivity index (χ3v) is 3.08. The van der Waals surface area contributed by atoms with Crippen LogP contribution >= 0.6 is 0 Å². The quantitative estimate of drug-likeness (QED) is 0.802. The Morgan fingerprint density at radius 3 is 2.75 bits per heavy atom. The molecule has 0 radical (unpaired) electrons. The zero-order valence-corrected chi connectivity index (χ0v) is 10.9. The zero-order valence-electron chi connectivity index (χ0n) is 10.9. The third kappa shape index (κ3) is 3.95. The van der Waals surface area contributed by atoms with E-state index in [9.17, 15) is 9.59 Å². The van der Waals surface area contributed by atoms with Gasteiger partial charge in [-0.05, 0) is 30.2 Å². The predicted molar refractivity (Wildman–Crippen MR) is 74.4 cm³/mol. The van der Waals surface area contributed by atoms with Crippen molar-refractivity contribution in [2.24, 2.45) is 0 Å². The number of hydrogen-bond donors (Lipinski definition) is 2. The number of carbonyl (C=O) groups excluding carboxylic acids is 2. The highest BCUT2D eigenvalue weighted by atomic mass is 16.2. The van der Waals surface area contributed by atoms with E-state index in [1.54, 1.807) is 30.3 Å². The number of carbonyl (C=O) groups is 2. The lowest BCUT2D eigenvalue weighted by atomic mass is 10.1. The molecule has 0 aromatic heterocycles. The summed E-state index contributed by atoms with van der Waals surface area (Å²) in [5, 5.41) is 14.2. The molecule has 0 bridgehead atoms. The van der Waals surface area contributed by atoms with Crippen molar-refractivity contribution in [1.29, 1.82) is 5.26 Å². The number of amides is 2. The van der Waals surface area contributed by atoms with Gasteiger partial charge in [0.25, 0.3) is 0 Å². The van der Waals surface area contributed by atoms with Crippen molar-refractivity contribution in [3.8, 4) is 6.07 Å². The first-order chi connectivity index (χ1) is 9.67. The van der Waals surface area contributed by atoms with Crippen LogP contribution < -0.4 is 10.6 Å².